The van der Waals surface area contributed by atoms with Crippen molar-refractivity contribution in [2.75, 3.05) is 13.2 Å². The molecule has 3 aromatic carbocycles. The lowest BCUT2D eigenvalue weighted by molar-refractivity contribution is 0.00578. The fraction of sp³-hybridized carbons (Fsp3) is 0.273. The molecule has 2 N–H and O–H groups in total. The van der Waals surface area contributed by atoms with Gasteiger partial charge >= 0.3 is 13.2 Å². The maximum Gasteiger partial charge on any atom is 0.492 e. The van der Waals surface area contributed by atoms with Gasteiger partial charge in [-0.05, 0) is 73.6 Å². The second-order valence-electron chi connectivity index (χ2n) is 11.7. The Morgan fingerprint density at radius 3 is 2.29 bits per heavy atom. The van der Waals surface area contributed by atoms with Gasteiger partial charge in [-0.2, -0.15) is 0 Å². The minimum Gasteiger partial charge on any atom is -0.505 e. The first kappa shape index (κ1) is 28.3. The summed E-state index contributed by atoms with van der Waals surface area (Å²) in [4.78, 5) is 17.3. The molecule has 1 aliphatic heterocycles. The number of pyridine rings is 1. The van der Waals surface area contributed by atoms with Gasteiger partial charge in [-0.25, -0.2) is 4.79 Å². The van der Waals surface area contributed by atoms with E-state index in [1.54, 1.807) is 30.5 Å². The van der Waals surface area contributed by atoms with Gasteiger partial charge in [0.25, 0.3) is 0 Å². The second-order valence-corrected chi connectivity index (χ2v) is 12.1. The van der Waals surface area contributed by atoms with Gasteiger partial charge in [-0.3, -0.25) is 4.98 Å². The van der Waals surface area contributed by atoms with Crippen LogP contribution in [-0.2, 0) is 14.0 Å². The van der Waals surface area contributed by atoms with E-state index in [0.717, 1.165) is 22.3 Å². The van der Waals surface area contributed by atoms with Gasteiger partial charge < -0.3 is 24.5 Å². The molecule has 6 rings (SSSR count). The first-order valence-electron chi connectivity index (χ1n) is 14.0. The van der Waals surface area contributed by atoms with Gasteiger partial charge in [-0.15, -0.1) is 0 Å². The number of halogens is 1. The SMILES string of the molecule is CC1(C)OB(C(=Cc2cc(Cl)c3cccnc3c2O)CNC(=O)OCC2c3ccccc3-c3ccccc32)OC1(C)C. The van der Waals surface area contributed by atoms with Crippen molar-refractivity contribution in [1.29, 1.82) is 0 Å². The van der Waals surface area contributed by atoms with E-state index in [-0.39, 0.29) is 24.8 Å². The monoisotopic (exact) mass is 582 g/mol. The molecule has 1 aromatic heterocycles. The molecule has 2 aliphatic rings. The van der Waals surface area contributed by atoms with Crippen LogP contribution < -0.4 is 5.32 Å². The molecule has 0 spiro atoms. The molecule has 42 heavy (non-hydrogen) atoms. The normalized spacial score (nSPS) is 17.3. The van der Waals surface area contributed by atoms with Crippen LogP contribution in [0.25, 0.3) is 28.1 Å². The van der Waals surface area contributed by atoms with Crippen LogP contribution in [0.4, 0.5) is 4.79 Å². The molecule has 0 bridgehead atoms. The Balaban J connectivity index is 1.23. The largest absolute Gasteiger partial charge is 0.505 e. The van der Waals surface area contributed by atoms with E-state index < -0.39 is 24.4 Å². The van der Waals surface area contributed by atoms with Crippen LogP contribution in [0.2, 0.25) is 5.02 Å². The highest BCUT2D eigenvalue weighted by Crippen LogP contribution is 2.44. The van der Waals surface area contributed by atoms with Crippen LogP contribution in [0.15, 0.2) is 78.4 Å². The molecule has 214 valence electrons. The number of nitrogens with zero attached hydrogens (tertiary/aromatic N) is 1. The number of fused-ring (bicyclic) bond motifs is 4. The predicted molar refractivity (Wildman–Crippen MR) is 166 cm³/mol. The van der Waals surface area contributed by atoms with Gasteiger partial charge in [0.2, 0.25) is 0 Å². The van der Waals surface area contributed by atoms with Gasteiger partial charge in [0.05, 0.1) is 16.2 Å². The molecule has 0 saturated carbocycles. The second kappa shape index (κ2) is 10.8. The molecular weight excluding hydrogens is 551 g/mol. The maximum absolute atomic E-state index is 13.0. The Kier molecular flexibility index (Phi) is 7.25. The molecule has 7 nitrogen and oxygen atoms in total. The number of nitrogens with one attached hydrogen (secondary N) is 1. The summed E-state index contributed by atoms with van der Waals surface area (Å²) in [7, 11) is -0.776. The lowest BCUT2D eigenvalue weighted by Crippen LogP contribution is -2.41. The van der Waals surface area contributed by atoms with Gasteiger partial charge in [0.1, 0.15) is 17.9 Å². The van der Waals surface area contributed by atoms with E-state index in [1.165, 1.54) is 0 Å². The molecule has 1 amide bonds. The van der Waals surface area contributed by atoms with Crippen molar-refractivity contribution < 1.29 is 23.9 Å². The number of rotatable bonds is 6. The minimum absolute atomic E-state index is 0.0230. The van der Waals surface area contributed by atoms with Crippen LogP contribution in [-0.4, -0.2) is 47.7 Å². The van der Waals surface area contributed by atoms with Crippen LogP contribution >= 0.6 is 11.6 Å². The van der Waals surface area contributed by atoms with Gasteiger partial charge in [0.15, 0.2) is 0 Å². The third kappa shape index (κ3) is 5.04. The summed E-state index contributed by atoms with van der Waals surface area (Å²) in [5, 5.41) is 15.0. The number of amides is 1. The number of phenolic OH excluding ortho intramolecular Hbond substituents is 1. The number of hydrogen-bond acceptors (Lipinski definition) is 6. The van der Waals surface area contributed by atoms with Crippen molar-refractivity contribution in [2.45, 2.75) is 44.8 Å². The quantitative estimate of drug-likeness (QED) is 0.235. The Morgan fingerprint density at radius 2 is 1.64 bits per heavy atom. The van der Waals surface area contributed by atoms with E-state index in [9.17, 15) is 9.90 Å². The molecule has 4 aromatic rings. The van der Waals surface area contributed by atoms with Crippen molar-refractivity contribution in [3.63, 3.8) is 0 Å². The Bertz CT molecular complexity index is 1660. The predicted octanol–water partition coefficient (Wildman–Crippen LogP) is 7.15. The van der Waals surface area contributed by atoms with Gasteiger partial charge in [-0.1, -0.05) is 66.2 Å². The fourth-order valence-corrected chi connectivity index (χ4v) is 5.81. The first-order chi connectivity index (χ1) is 20.1. The number of aromatic hydroxyl groups is 1. The van der Waals surface area contributed by atoms with Crippen LogP contribution in [0.5, 0.6) is 5.75 Å². The highest BCUT2D eigenvalue weighted by Gasteiger charge is 2.52. The Hall–Kier alpha value is -3.85. The molecular formula is C33H32BClN2O5. The Morgan fingerprint density at radius 1 is 1.02 bits per heavy atom. The third-order valence-electron chi connectivity index (χ3n) is 8.52. The lowest BCUT2D eigenvalue weighted by atomic mass is 9.77. The van der Waals surface area contributed by atoms with E-state index in [0.29, 0.717) is 27.0 Å². The summed E-state index contributed by atoms with van der Waals surface area (Å²) in [6.07, 6.45) is 2.75. The smallest absolute Gasteiger partial charge is 0.492 e. The summed E-state index contributed by atoms with van der Waals surface area (Å²) in [5.41, 5.74) is 4.80. The molecule has 9 heteroatoms. The highest BCUT2D eigenvalue weighted by atomic mass is 35.5. The van der Waals surface area contributed by atoms with Crippen molar-refractivity contribution in [3.05, 3.63) is 100 Å². The summed E-state index contributed by atoms with van der Waals surface area (Å²) >= 11 is 6.54. The first-order valence-corrected chi connectivity index (χ1v) is 14.3. The zero-order valence-corrected chi connectivity index (χ0v) is 24.7. The number of phenols is 1. The van der Waals surface area contributed by atoms with Crippen molar-refractivity contribution in [2.24, 2.45) is 0 Å². The molecule has 0 unspecified atom stereocenters. The molecule has 1 saturated heterocycles. The summed E-state index contributed by atoms with van der Waals surface area (Å²) in [6.45, 7) is 8.08. The van der Waals surface area contributed by atoms with E-state index in [1.807, 2.05) is 52.0 Å². The zero-order valence-electron chi connectivity index (χ0n) is 24.0. The summed E-state index contributed by atoms with van der Waals surface area (Å²) in [6, 6.07) is 21.6. The van der Waals surface area contributed by atoms with Crippen LogP contribution in [0.3, 0.4) is 0 Å². The summed E-state index contributed by atoms with van der Waals surface area (Å²) < 4.78 is 18.3. The van der Waals surface area contributed by atoms with E-state index in [4.69, 9.17) is 25.6 Å². The number of carbonyl (C=O) groups is 1. The molecule has 2 heterocycles. The van der Waals surface area contributed by atoms with Crippen molar-refractivity contribution >= 4 is 41.8 Å². The maximum atomic E-state index is 13.0. The number of ether oxygens (including phenoxy) is 1. The number of hydrogen-bond donors (Lipinski definition) is 2. The zero-order chi connectivity index (χ0) is 29.6. The Labute approximate surface area is 250 Å². The number of alkyl carbamates (subject to hydrolysis) is 1. The minimum atomic E-state index is -0.776. The molecule has 0 atom stereocenters. The van der Waals surface area contributed by atoms with Crippen molar-refractivity contribution in [1.82, 2.24) is 10.3 Å². The van der Waals surface area contributed by atoms with Gasteiger partial charge in [0, 0.05) is 29.6 Å². The highest BCUT2D eigenvalue weighted by molar-refractivity contribution is 6.56. The topological polar surface area (TPSA) is 89.9 Å². The average Bonchev–Trinajstić information content (AvgIpc) is 3.41. The fourth-order valence-electron chi connectivity index (χ4n) is 5.54. The van der Waals surface area contributed by atoms with Crippen LogP contribution in [0, 0.1) is 0 Å². The third-order valence-corrected chi connectivity index (χ3v) is 8.84. The molecule has 1 aliphatic carbocycles. The number of carbonyl (C=O) groups excluding carboxylic acids is 1. The van der Waals surface area contributed by atoms with Crippen molar-refractivity contribution in [3.8, 4) is 16.9 Å². The number of benzene rings is 3. The summed E-state index contributed by atoms with van der Waals surface area (Å²) in [5.74, 6) is -0.0735. The average molecular weight is 583 g/mol. The standard InChI is InChI=1S/C33H32BClN2O5/c1-32(2)33(3,4)42-34(41-32)21(16-20-17-28(35)26-14-9-15-36-29(26)30(20)38)18-37-31(39)40-19-27-24-12-7-5-10-22(24)23-11-6-8-13-25(23)27/h5-17,27,38H,18-19H2,1-4H3,(H,37,39). The van der Waals surface area contributed by atoms with Crippen LogP contribution in [0.1, 0.15) is 50.3 Å². The molecule has 0 radical (unpaired) electrons. The molecule has 1 fully saturated rings. The lowest BCUT2D eigenvalue weighted by Gasteiger charge is -2.32. The van der Waals surface area contributed by atoms with E-state index in [2.05, 4.69) is 34.6 Å². The van der Waals surface area contributed by atoms with E-state index >= 15 is 0 Å². The number of aromatic nitrogens is 1.